The van der Waals surface area contributed by atoms with E-state index < -0.39 is 12.2 Å². The molecule has 0 radical (unpaired) electrons. The van der Waals surface area contributed by atoms with Gasteiger partial charge < -0.3 is 26.0 Å². The quantitative estimate of drug-likeness (QED) is 0.172. The van der Waals surface area contributed by atoms with Crippen molar-refractivity contribution in [3.05, 3.63) is 94.1 Å². The van der Waals surface area contributed by atoms with Crippen LogP contribution in [0.4, 0.5) is 11.4 Å². The molecule has 0 saturated heterocycles. The van der Waals surface area contributed by atoms with E-state index in [1.54, 1.807) is 48.5 Å². The van der Waals surface area contributed by atoms with Gasteiger partial charge in [0.1, 0.15) is 23.7 Å². The molecule has 32 heavy (non-hydrogen) atoms. The topological polar surface area (TPSA) is 105 Å². The van der Waals surface area contributed by atoms with Crippen molar-refractivity contribution < 1.29 is 19.7 Å². The molecule has 1 amide bonds. The summed E-state index contributed by atoms with van der Waals surface area (Å²) in [5, 5.41) is 23.9. The molecular formula is C25H25IN2O4. The first-order valence-electron chi connectivity index (χ1n) is 10.1. The molecule has 0 saturated carbocycles. The van der Waals surface area contributed by atoms with Crippen molar-refractivity contribution in [1.29, 1.82) is 0 Å². The summed E-state index contributed by atoms with van der Waals surface area (Å²) in [5.41, 5.74) is 7.29. The van der Waals surface area contributed by atoms with Crippen LogP contribution in [0.25, 0.3) is 0 Å². The van der Waals surface area contributed by atoms with E-state index in [4.69, 9.17) is 10.5 Å². The second kappa shape index (κ2) is 11.5. The maximum atomic E-state index is 12.2. The molecule has 0 unspecified atom stereocenters. The van der Waals surface area contributed by atoms with Gasteiger partial charge in [-0.2, -0.15) is 0 Å². The number of anilines is 2. The number of aliphatic hydroxyl groups is 1. The van der Waals surface area contributed by atoms with Gasteiger partial charge in [-0.25, -0.2) is 0 Å². The highest BCUT2D eigenvalue weighted by Gasteiger charge is 2.25. The van der Waals surface area contributed by atoms with E-state index in [2.05, 4.69) is 27.9 Å². The Kier molecular flexibility index (Phi) is 8.52. The molecule has 3 aromatic carbocycles. The van der Waals surface area contributed by atoms with E-state index in [9.17, 15) is 15.0 Å². The van der Waals surface area contributed by atoms with E-state index in [1.807, 2.05) is 30.3 Å². The minimum Gasteiger partial charge on any atom is -0.508 e. The number of hydrogen-bond acceptors (Lipinski definition) is 5. The Labute approximate surface area is 200 Å². The van der Waals surface area contributed by atoms with Crippen molar-refractivity contribution in [3.63, 3.8) is 0 Å². The predicted octanol–water partition coefficient (Wildman–Crippen LogP) is 5.04. The third kappa shape index (κ3) is 6.73. The van der Waals surface area contributed by atoms with Crippen molar-refractivity contribution >= 4 is 39.9 Å². The number of ether oxygens (including phenoxy) is 1. The highest BCUT2D eigenvalue weighted by atomic mass is 127. The zero-order valence-corrected chi connectivity index (χ0v) is 19.5. The van der Waals surface area contributed by atoms with E-state index >= 15 is 0 Å². The number of amides is 1. The zero-order chi connectivity index (χ0) is 22.9. The van der Waals surface area contributed by atoms with Crippen LogP contribution in [0.5, 0.6) is 11.5 Å². The number of halogens is 1. The smallest absolute Gasteiger partial charge is 0.248 e. The number of phenols is 1. The molecule has 2 atom stereocenters. The van der Waals surface area contributed by atoms with Gasteiger partial charge in [-0.05, 0) is 84.0 Å². The fourth-order valence-electron chi connectivity index (χ4n) is 3.15. The molecule has 3 rings (SSSR count). The number of para-hydroxylation sites is 3. The number of nitrogens with two attached hydrogens (primary N) is 1. The van der Waals surface area contributed by atoms with Gasteiger partial charge in [0.05, 0.1) is 11.4 Å². The highest BCUT2D eigenvalue weighted by Crippen LogP contribution is 2.32. The maximum absolute atomic E-state index is 12.2. The van der Waals surface area contributed by atoms with E-state index in [1.165, 1.54) is 6.08 Å². The Balaban J connectivity index is 1.67. The van der Waals surface area contributed by atoms with Crippen LogP contribution < -0.4 is 15.8 Å². The molecule has 0 aliphatic rings. The van der Waals surface area contributed by atoms with Gasteiger partial charge >= 0.3 is 0 Å². The van der Waals surface area contributed by atoms with Crippen LogP contribution in [-0.4, -0.2) is 22.2 Å². The summed E-state index contributed by atoms with van der Waals surface area (Å²) >= 11 is 2.13. The minimum atomic E-state index is -1.05. The minimum absolute atomic E-state index is 0.00921. The molecule has 0 heterocycles. The normalized spacial score (nSPS) is 12.9. The van der Waals surface area contributed by atoms with Gasteiger partial charge in [0.2, 0.25) is 5.91 Å². The molecule has 7 heteroatoms. The summed E-state index contributed by atoms with van der Waals surface area (Å²) < 4.78 is 6.92. The Morgan fingerprint density at radius 2 is 1.81 bits per heavy atom. The number of allylic oxidation sites excluding steroid dienone is 1. The van der Waals surface area contributed by atoms with E-state index in [0.29, 0.717) is 35.5 Å². The van der Waals surface area contributed by atoms with Gasteiger partial charge in [0.25, 0.3) is 0 Å². The summed E-state index contributed by atoms with van der Waals surface area (Å²) in [6, 6.07) is 21.3. The third-order valence-corrected chi connectivity index (χ3v) is 5.47. The number of nitrogen functional groups attached to an aromatic ring is 1. The summed E-state index contributed by atoms with van der Waals surface area (Å²) in [5.74, 6) is 0.331. The van der Waals surface area contributed by atoms with Gasteiger partial charge in [-0.3, -0.25) is 4.79 Å². The number of rotatable bonds is 9. The predicted molar refractivity (Wildman–Crippen MR) is 134 cm³/mol. The molecule has 0 aliphatic carbocycles. The fourth-order valence-corrected chi connectivity index (χ4v) is 3.67. The third-order valence-electron chi connectivity index (χ3n) is 4.80. The lowest BCUT2D eigenvalue weighted by Crippen LogP contribution is -2.25. The Bertz CT molecular complexity index is 1070. The molecule has 0 bridgehead atoms. The van der Waals surface area contributed by atoms with Crippen LogP contribution in [0.15, 0.2) is 84.9 Å². The van der Waals surface area contributed by atoms with Crippen LogP contribution in [-0.2, 0) is 4.79 Å². The highest BCUT2D eigenvalue weighted by molar-refractivity contribution is 14.1. The summed E-state index contributed by atoms with van der Waals surface area (Å²) in [6.07, 6.45) is 2.39. The molecule has 166 valence electrons. The number of phenolic OH excluding ortho intramolecular Hbond substituents is 1. The van der Waals surface area contributed by atoms with Crippen molar-refractivity contribution in [2.45, 2.75) is 25.0 Å². The number of aliphatic hydroxyl groups excluding tert-OH is 1. The monoisotopic (exact) mass is 544 g/mol. The van der Waals surface area contributed by atoms with Gasteiger partial charge in [-0.15, -0.1) is 0 Å². The molecule has 0 fully saturated rings. The van der Waals surface area contributed by atoms with Crippen molar-refractivity contribution in [3.8, 4) is 11.5 Å². The average Bonchev–Trinajstić information content (AvgIpc) is 2.79. The van der Waals surface area contributed by atoms with Gasteiger partial charge in [0.15, 0.2) is 0 Å². The fraction of sp³-hybridized carbons (Fsp3) is 0.160. The molecule has 5 N–H and O–H groups in total. The number of aromatic hydroxyl groups is 1. The van der Waals surface area contributed by atoms with Gasteiger partial charge in [0, 0.05) is 9.13 Å². The van der Waals surface area contributed by atoms with E-state index in [0.717, 1.165) is 3.57 Å². The maximum Gasteiger partial charge on any atom is 0.248 e. The summed E-state index contributed by atoms with van der Waals surface area (Å²) in [4.78, 5) is 12.2. The molecule has 3 aromatic rings. The molecule has 0 aromatic heterocycles. The first kappa shape index (κ1) is 23.6. The van der Waals surface area contributed by atoms with Gasteiger partial charge in [-0.1, -0.05) is 36.4 Å². The second-order valence-corrected chi connectivity index (χ2v) is 8.42. The second-order valence-electron chi connectivity index (χ2n) is 7.17. The van der Waals surface area contributed by atoms with Crippen LogP contribution in [0.1, 0.15) is 24.5 Å². The molecule has 0 spiro atoms. The number of hydrogen-bond donors (Lipinski definition) is 4. The number of carbonyl (C=O) groups is 1. The molecule has 0 aliphatic heterocycles. The molecular weight excluding hydrogens is 519 g/mol. The standard InChI is InChI=1S/C25H25IN2O4/c26-17-14-15-22(29)19(16-17)25(31)23(32-18-8-2-1-3-9-18)12-6-7-13-24(30)28-21-11-5-4-10-20(21)27/h1-5,7-11,13-16,23,25,29,31H,6,12,27H2,(H,28,30)/b13-7+/t23-,25-/m1/s1. The molecule has 6 nitrogen and oxygen atoms in total. The largest absolute Gasteiger partial charge is 0.508 e. The number of carbonyl (C=O) groups excluding carboxylic acids is 1. The van der Waals surface area contributed by atoms with Crippen molar-refractivity contribution in [1.82, 2.24) is 0 Å². The first-order valence-corrected chi connectivity index (χ1v) is 11.2. The van der Waals surface area contributed by atoms with Crippen LogP contribution >= 0.6 is 22.6 Å². The van der Waals surface area contributed by atoms with Crippen molar-refractivity contribution in [2.75, 3.05) is 11.1 Å². The summed E-state index contributed by atoms with van der Waals surface area (Å²) in [6.45, 7) is 0. The summed E-state index contributed by atoms with van der Waals surface area (Å²) in [7, 11) is 0. The lowest BCUT2D eigenvalue weighted by atomic mass is 9.99. The number of benzene rings is 3. The Morgan fingerprint density at radius 1 is 1.09 bits per heavy atom. The lowest BCUT2D eigenvalue weighted by molar-refractivity contribution is -0.111. The lowest BCUT2D eigenvalue weighted by Gasteiger charge is -2.25. The van der Waals surface area contributed by atoms with Crippen LogP contribution in [0.3, 0.4) is 0 Å². The average molecular weight is 544 g/mol. The SMILES string of the molecule is Nc1ccccc1NC(=O)/C=C/CC[C@@H](Oc1ccccc1)[C@H](O)c1cc(I)ccc1O. The first-order chi connectivity index (χ1) is 15.4. The Morgan fingerprint density at radius 3 is 2.56 bits per heavy atom. The van der Waals surface area contributed by atoms with Crippen molar-refractivity contribution in [2.24, 2.45) is 0 Å². The van der Waals surface area contributed by atoms with Crippen LogP contribution in [0, 0.1) is 3.57 Å². The Hall–Kier alpha value is -3.04. The zero-order valence-electron chi connectivity index (χ0n) is 17.3. The van der Waals surface area contributed by atoms with E-state index in [-0.39, 0.29) is 11.7 Å². The number of nitrogens with one attached hydrogen (secondary N) is 1. The van der Waals surface area contributed by atoms with Crippen LogP contribution in [0.2, 0.25) is 0 Å².